The average molecular weight is 247 g/mol. The van der Waals surface area contributed by atoms with Crippen LogP contribution in [0.5, 0.6) is 0 Å². The zero-order chi connectivity index (χ0) is 12.4. The number of hydrogen-bond acceptors (Lipinski definition) is 3. The lowest BCUT2D eigenvalue weighted by Crippen LogP contribution is -2.34. The van der Waals surface area contributed by atoms with Crippen molar-refractivity contribution in [2.45, 2.75) is 45.3 Å². The third-order valence-electron chi connectivity index (χ3n) is 2.37. The first-order chi connectivity index (χ1) is 7.65. The summed E-state index contributed by atoms with van der Waals surface area (Å²) in [5.74, 6) is 0.778. The van der Waals surface area contributed by atoms with Crippen molar-refractivity contribution >= 4 is 17.7 Å². The summed E-state index contributed by atoms with van der Waals surface area (Å²) in [5, 5.41) is 9.13. The van der Waals surface area contributed by atoms with Crippen molar-refractivity contribution in [1.29, 1.82) is 0 Å². The van der Waals surface area contributed by atoms with Crippen LogP contribution in [0.4, 0.5) is 0 Å². The summed E-state index contributed by atoms with van der Waals surface area (Å²) in [5.41, 5.74) is 0. The van der Waals surface area contributed by atoms with Gasteiger partial charge in [0.25, 0.3) is 0 Å². The smallest absolute Gasteiger partial charge is 0.232 e. The zero-order valence-corrected chi connectivity index (χ0v) is 11.6. The zero-order valence-electron chi connectivity index (χ0n) is 10.7. The molecule has 0 heterocycles. The van der Waals surface area contributed by atoms with E-state index in [2.05, 4.69) is 20.8 Å². The molecule has 0 aliphatic rings. The van der Waals surface area contributed by atoms with Gasteiger partial charge >= 0.3 is 0 Å². The summed E-state index contributed by atoms with van der Waals surface area (Å²) in [4.78, 5) is 13.8. The molecule has 0 aliphatic carbocycles. The Morgan fingerprint density at radius 1 is 1.31 bits per heavy atom. The van der Waals surface area contributed by atoms with Gasteiger partial charge in [0, 0.05) is 24.9 Å². The van der Waals surface area contributed by atoms with Crippen LogP contribution in [0.2, 0.25) is 0 Å². The van der Waals surface area contributed by atoms with Crippen LogP contribution in [0.15, 0.2) is 0 Å². The summed E-state index contributed by atoms with van der Waals surface area (Å²) in [6, 6.07) is 0. The number of hydrogen-bond donors (Lipinski definition) is 1. The van der Waals surface area contributed by atoms with E-state index >= 15 is 0 Å². The molecule has 0 saturated carbocycles. The monoisotopic (exact) mass is 247 g/mol. The minimum atomic E-state index is 0.204. The molecule has 0 aromatic heterocycles. The van der Waals surface area contributed by atoms with Gasteiger partial charge in [0.2, 0.25) is 5.91 Å². The molecule has 96 valence electrons. The number of amides is 1. The first-order valence-electron chi connectivity index (χ1n) is 6.15. The molecule has 3 nitrogen and oxygen atoms in total. The Hall–Kier alpha value is -0.220. The van der Waals surface area contributed by atoms with Crippen molar-refractivity contribution in [3.63, 3.8) is 0 Å². The Labute approximate surface area is 104 Å². The average Bonchev–Trinajstić information content (AvgIpc) is 2.26. The molecular weight excluding hydrogens is 222 g/mol. The third-order valence-corrected chi connectivity index (χ3v) is 3.59. The molecule has 0 fully saturated rings. The highest BCUT2D eigenvalue weighted by molar-refractivity contribution is 8.00. The van der Waals surface area contributed by atoms with E-state index < -0.39 is 0 Å². The minimum absolute atomic E-state index is 0.204. The quantitative estimate of drug-likeness (QED) is 0.678. The van der Waals surface area contributed by atoms with Gasteiger partial charge in [-0.05, 0) is 19.3 Å². The van der Waals surface area contributed by atoms with Crippen LogP contribution in [-0.4, -0.2) is 46.6 Å². The topological polar surface area (TPSA) is 40.5 Å². The summed E-state index contributed by atoms with van der Waals surface area (Å²) in [6.07, 6.45) is 2.80. The maximum atomic E-state index is 11.9. The van der Waals surface area contributed by atoms with Crippen LogP contribution in [-0.2, 0) is 4.79 Å². The lowest BCUT2D eigenvalue weighted by atomic mass is 10.3. The Kier molecular flexibility index (Phi) is 9.83. The van der Waals surface area contributed by atoms with Gasteiger partial charge in [0.1, 0.15) is 0 Å². The minimum Gasteiger partial charge on any atom is -0.396 e. The van der Waals surface area contributed by atoms with E-state index in [0.717, 1.165) is 32.4 Å². The molecule has 1 amide bonds. The Bertz CT molecular complexity index is 182. The number of aliphatic hydroxyl groups excluding tert-OH is 1. The van der Waals surface area contributed by atoms with Crippen LogP contribution in [0, 0.1) is 0 Å². The summed E-state index contributed by atoms with van der Waals surface area (Å²) in [6.45, 7) is 8.17. The summed E-state index contributed by atoms with van der Waals surface area (Å²) in [7, 11) is 0. The fraction of sp³-hybridized carbons (Fsp3) is 0.917. The number of thioether (sulfide) groups is 1. The van der Waals surface area contributed by atoms with Crippen LogP contribution < -0.4 is 0 Å². The van der Waals surface area contributed by atoms with E-state index in [-0.39, 0.29) is 12.5 Å². The Morgan fingerprint density at radius 3 is 2.31 bits per heavy atom. The fourth-order valence-electron chi connectivity index (χ4n) is 1.47. The second-order valence-corrected chi connectivity index (χ2v) is 5.44. The van der Waals surface area contributed by atoms with Crippen molar-refractivity contribution in [2.75, 3.05) is 25.4 Å². The predicted octanol–water partition coefficient (Wildman–Crippen LogP) is 2.14. The van der Waals surface area contributed by atoms with E-state index in [4.69, 9.17) is 5.11 Å². The Balaban J connectivity index is 3.90. The van der Waals surface area contributed by atoms with Crippen molar-refractivity contribution in [1.82, 2.24) is 4.90 Å². The first-order valence-corrected chi connectivity index (χ1v) is 7.20. The molecule has 0 rings (SSSR count). The summed E-state index contributed by atoms with van der Waals surface area (Å²) < 4.78 is 0. The van der Waals surface area contributed by atoms with E-state index in [0.29, 0.717) is 11.0 Å². The highest BCUT2D eigenvalue weighted by Gasteiger charge is 2.13. The van der Waals surface area contributed by atoms with Crippen LogP contribution >= 0.6 is 11.8 Å². The molecule has 0 aliphatic heterocycles. The van der Waals surface area contributed by atoms with Gasteiger partial charge in [-0.3, -0.25) is 4.79 Å². The fourth-order valence-corrected chi connectivity index (χ4v) is 2.35. The maximum Gasteiger partial charge on any atom is 0.232 e. The van der Waals surface area contributed by atoms with Gasteiger partial charge in [0.15, 0.2) is 0 Å². The van der Waals surface area contributed by atoms with Crippen molar-refractivity contribution in [2.24, 2.45) is 0 Å². The predicted molar refractivity (Wildman–Crippen MR) is 70.8 cm³/mol. The third kappa shape index (κ3) is 7.12. The first kappa shape index (κ1) is 15.8. The number of rotatable bonds is 9. The molecule has 4 heteroatoms. The molecular formula is C12H25NO2S. The van der Waals surface area contributed by atoms with Crippen molar-refractivity contribution < 1.29 is 9.90 Å². The van der Waals surface area contributed by atoms with Gasteiger partial charge in [-0.1, -0.05) is 20.8 Å². The lowest BCUT2D eigenvalue weighted by Gasteiger charge is -2.22. The highest BCUT2D eigenvalue weighted by atomic mass is 32.2. The van der Waals surface area contributed by atoms with Gasteiger partial charge < -0.3 is 10.0 Å². The second-order valence-electron chi connectivity index (χ2n) is 4.01. The number of aliphatic hydroxyl groups is 1. The maximum absolute atomic E-state index is 11.9. The highest BCUT2D eigenvalue weighted by Crippen LogP contribution is 2.14. The SMILES string of the molecule is CCCN(CCC)C(=O)CSC(C)CCO. The van der Waals surface area contributed by atoms with Crippen molar-refractivity contribution in [3.05, 3.63) is 0 Å². The number of nitrogens with zero attached hydrogens (tertiary/aromatic N) is 1. The normalized spacial score (nSPS) is 12.5. The molecule has 1 unspecified atom stereocenters. The van der Waals surface area contributed by atoms with Gasteiger partial charge in [-0.25, -0.2) is 0 Å². The number of carbonyl (C=O) groups excluding carboxylic acids is 1. The van der Waals surface area contributed by atoms with Gasteiger partial charge in [-0.2, -0.15) is 0 Å². The molecule has 1 N–H and O–H groups in total. The van der Waals surface area contributed by atoms with E-state index in [9.17, 15) is 4.79 Å². The molecule has 0 radical (unpaired) electrons. The molecule has 1 atom stereocenters. The van der Waals surface area contributed by atoms with E-state index in [1.807, 2.05) is 4.90 Å². The summed E-state index contributed by atoms with van der Waals surface area (Å²) >= 11 is 1.64. The van der Waals surface area contributed by atoms with Gasteiger partial charge in [0.05, 0.1) is 5.75 Å². The van der Waals surface area contributed by atoms with E-state index in [1.165, 1.54) is 0 Å². The number of carbonyl (C=O) groups is 1. The van der Waals surface area contributed by atoms with Gasteiger partial charge in [-0.15, -0.1) is 11.8 Å². The molecule has 0 bridgehead atoms. The van der Waals surface area contributed by atoms with Crippen LogP contribution in [0.3, 0.4) is 0 Å². The molecule has 0 aromatic carbocycles. The largest absolute Gasteiger partial charge is 0.396 e. The Morgan fingerprint density at radius 2 is 1.88 bits per heavy atom. The molecule has 0 spiro atoms. The standard InChI is InChI=1S/C12H25NO2S/c1-4-7-13(8-5-2)12(15)10-16-11(3)6-9-14/h11,14H,4-10H2,1-3H3. The van der Waals surface area contributed by atoms with E-state index in [1.54, 1.807) is 11.8 Å². The van der Waals surface area contributed by atoms with Crippen LogP contribution in [0.1, 0.15) is 40.0 Å². The molecule has 0 saturated heterocycles. The lowest BCUT2D eigenvalue weighted by molar-refractivity contribution is -0.128. The van der Waals surface area contributed by atoms with Crippen LogP contribution in [0.25, 0.3) is 0 Å². The van der Waals surface area contributed by atoms with Crippen molar-refractivity contribution in [3.8, 4) is 0 Å². The molecule has 16 heavy (non-hydrogen) atoms. The second kappa shape index (κ2) is 9.97. The molecule has 0 aromatic rings.